The first-order valence-electron chi connectivity index (χ1n) is 5.59. The summed E-state index contributed by atoms with van der Waals surface area (Å²) in [4.78, 5) is 4.35. The van der Waals surface area contributed by atoms with E-state index in [4.69, 9.17) is 4.74 Å². The number of aromatic nitrogens is 1. The fourth-order valence-electron chi connectivity index (χ4n) is 1.77. The predicted molar refractivity (Wildman–Crippen MR) is 68.0 cm³/mol. The van der Waals surface area contributed by atoms with Crippen LogP contribution in [-0.4, -0.2) is 31.0 Å². The van der Waals surface area contributed by atoms with Crippen molar-refractivity contribution in [3.63, 3.8) is 0 Å². The molecule has 1 aliphatic rings. The van der Waals surface area contributed by atoms with Gasteiger partial charge in [0.15, 0.2) is 0 Å². The van der Waals surface area contributed by atoms with E-state index in [0.29, 0.717) is 6.04 Å². The van der Waals surface area contributed by atoms with E-state index in [1.165, 1.54) is 12.8 Å². The van der Waals surface area contributed by atoms with Crippen LogP contribution in [0.3, 0.4) is 0 Å². The SMILES string of the molecule is COCC(Nc1ccc(SC)nc1)C1CC1. The number of hydrogen-bond donors (Lipinski definition) is 1. The molecule has 1 unspecified atom stereocenters. The molecule has 16 heavy (non-hydrogen) atoms. The first-order valence-corrected chi connectivity index (χ1v) is 6.81. The van der Waals surface area contributed by atoms with Gasteiger partial charge in [0.05, 0.1) is 29.6 Å². The molecule has 1 aromatic rings. The van der Waals surface area contributed by atoms with Crippen LogP contribution < -0.4 is 5.32 Å². The van der Waals surface area contributed by atoms with Gasteiger partial charge in [0, 0.05) is 7.11 Å². The van der Waals surface area contributed by atoms with Gasteiger partial charge in [-0.2, -0.15) is 0 Å². The molecule has 0 radical (unpaired) electrons. The molecule has 0 spiro atoms. The summed E-state index contributed by atoms with van der Waals surface area (Å²) in [7, 11) is 1.76. The molecule has 1 fully saturated rings. The van der Waals surface area contributed by atoms with Crippen LogP contribution in [0.2, 0.25) is 0 Å². The van der Waals surface area contributed by atoms with Gasteiger partial charge in [-0.3, -0.25) is 0 Å². The zero-order valence-electron chi connectivity index (χ0n) is 9.77. The molecule has 1 aromatic heterocycles. The zero-order chi connectivity index (χ0) is 11.4. The minimum Gasteiger partial charge on any atom is -0.383 e. The van der Waals surface area contributed by atoms with Crippen molar-refractivity contribution in [2.45, 2.75) is 23.9 Å². The first-order chi connectivity index (χ1) is 7.83. The number of nitrogens with zero attached hydrogens (tertiary/aromatic N) is 1. The monoisotopic (exact) mass is 238 g/mol. The molecule has 1 atom stereocenters. The van der Waals surface area contributed by atoms with Gasteiger partial charge in [-0.05, 0) is 37.1 Å². The fourth-order valence-corrected chi connectivity index (χ4v) is 2.14. The summed E-state index contributed by atoms with van der Waals surface area (Å²) in [6.07, 6.45) is 6.57. The molecule has 1 heterocycles. The second-order valence-electron chi connectivity index (χ2n) is 4.13. The molecule has 0 amide bonds. The first kappa shape index (κ1) is 11.7. The maximum atomic E-state index is 5.24. The van der Waals surface area contributed by atoms with E-state index in [-0.39, 0.29) is 0 Å². The Morgan fingerprint density at radius 1 is 1.56 bits per heavy atom. The van der Waals surface area contributed by atoms with Gasteiger partial charge in [0.25, 0.3) is 0 Å². The van der Waals surface area contributed by atoms with Gasteiger partial charge in [0.1, 0.15) is 0 Å². The molecule has 0 saturated heterocycles. The quantitative estimate of drug-likeness (QED) is 0.773. The van der Waals surface area contributed by atoms with Gasteiger partial charge < -0.3 is 10.1 Å². The van der Waals surface area contributed by atoms with Gasteiger partial charge in [-0.1, -0.05) is 0 Å². The van der Waals surface area contributed by atoms with E-state index in [9.17, 15) is 0 Å². The Morgan fingerprint density at radius 2 is 2.38 bits per heavy atom. The fraction of sp³-hybridized carbons (Fsp3) is 0.583. The van der Waals surface area contributed by atoms with E-state index in [1.54, 1.807) is 18.9 Å². The highest BCUT2D eigenvalue weighted by Gasteiger charge is 2.31. The van der Waals surface area contributed by atoms with Crippen LogP contribution in [-0.2, 0) is 4.74 Å². The maximum absolute atomic E-state index is 5.24. The predicted octanol–water partition coefficient (Wildman–Crippen LogP) is 2.64. The van der Waals surface area contributed by atoms with E-state index < -0.39 is 0 Å². The van der Waals surface area contributed by atoms with Crippen LogP contribution >= 0.6 is 11.8 Å². The van der Waals surface area contributed by atoms with Crippen molar-refractivity contribution in [1.82, 2.24) is 4.98 Å². The lowest BCUT2D eigenvalue weighted by Crippen LogP contribution is -2.27. The topological polar surface area (TPSA) is 34.1 Å². The number of pyridine rings is 1. The largest absolute Gasteiger partial charge is 0.383 e. The standard InChI is InChI=1S/C12H18N2OS/c1-15-8-11(9-3-4-9)14-10-5-6-12(16-2)13-7-10/h5-7,9,11,14H,3-4,8H2,1-2H3. The minimum absolute atomic E-state index is 0.437. The molecule has 0 aliphatic heterocycles. The molecule has 2 rings (SSSR count). The second kappa shape index (κ2) is 5.55. The summed E-state index contributed by atoms with van der Waals surface area (Å²) < 4.78 is 5.24. The maximum Gasteiger partial charge on any atom is 0.0958 e. The zero-order valence-corrected chi connectivity index (χ0v) is 10.6. The van der Waals surface area contributed by atoms with Crippen LogP contribution in [0, 0.1) is 5.92 Å². The van der Waals surface area contributed by atoms with Crippen LogP contribution in [0.5, 0.6) is 0 Å². The van der Waals surface area contributed by atoms with E-state index >= 15 is 0 Å². The third kappa shape index (κ3) is 3.12. The van der Waals surface area contributed by atoms with E-state index in [1.807, 2.05) is 18.5 Å². The number of anilines is 1. The molecule has 0 aromatic carbocycles. The number of methoxy groups -OCH3 is 1. The Hall–Kier alpha value is -0.740. The van der Waals surface area contributed by atoms with Crippen molar-refractivity contribution in [2.75, 3.05) is 25.3 Å². The lowest BCUT2D eigenvalue weighted by molar-refractivity contribution is 0.179. The Morgan fingerprint density at radius 3 is 2.88 bits per heavy atom. The Bertz CT molecular complexity index is 324. The van der Waals surface area contributed by atoms with Crippen molar-refractivity contribution in [2.24, 2.45) is 5.92 Å². The minimum atomic E-state index is 0.437. The average molecular weight is 238 g/mol. The van der Waals surface area contributed by atoms with Crippen LogP contribution in [0.4, 0.5) is 5.69 Å². The Kier molecular flexibility index (Phi) is 4.07. The highest BCUT2D eigenvalue weighted by Crippen LogP contribution is 2.34. The van der Waals surface area contributed by atoms with Crippen molar-refractivity contribution in [3.05, 3.63) is 18.3 Å². The summed E-state index contributed by atoms with van der Waals surface area (Å²) in [5.41, 5.74) is 1.09. The van der Waals surface area contributed by atoms with Gasteiger partial charge in [0.2, 0.25) is 0 Å². The number of ether oxygens (including phenoxy) is 1. The molecule has 1 N–H and O–H groups in total. The molecule has 3 nitrogen and oxygen atoms in total. The van der Waals surface area contributed by atoms with E-state index in [0.717, 1.165) is 23.2 Å². The number of thioether (sulfide) groups is 1. The van der Waals surface area contributed by atoms with Crippen molar-refractivity contribution >= 4 is 17.4 Å². The van der Waals surface area contributed by atoms with Crippen molar-refractivity contribution < 1.29 is 4.74 Å². The number of nitrogens with one attached hydrogen (secondary N) is 1. The molecule has 1 aliphatic carbocycles. The second-order valence-corrected chi connectivity index (χ2v) is 4.96. The summed E-state index contributed by atoms with van der Waals surface area (Å²) in [6, 6.07) is 4.57. The normalized spacial score (nSPS) is 17.1. The van der Waals surface area contributed by atoms with Crippen LogP contribution in [0.1, 0.15) is 12.8 Å². The third-order valence-corrected chi connectivity index (χ3v) is 3.49. The summed E-state index contributed by atoms with van der Waals surface area (Å²) in [5.74, 6) is 0.778. The molecule has 0 bridgehead atoms. The lowest BCUT2D eigenvalue weighted by Gasteiger charge is -2.18. The Balaban J connectivity index is 1.94. The molecule has 1 saturated carbocycles. The molecule has 88 valence electrons. The summed E-state index contributed by atoms with van der Waals surface area (Å²) >= 11 is 1.66. The molecular weight excluding hydrogens is 220 g/mol. The van der Waals surface area contributed by atoms with Crippen molar-refractivity contribution in [3.8, 4) is 0 Å². The third-order valence-electron chi connectivity index (χ3n) is 2.83. The van der Waals surface area contributed by atoms with Crippen molar-refractivity contribution in [1.29, 1.82) is 0 Å². The smallest absolute Gasteiger partial charge is 0.0958 e. The Labute approximate surface area is 101 Å². The van der Waals surface area contributed by atoms with E-state index in [2.05, 4.69) is 16.4 Å². The summed E-state index contributed by atoms with van der Waals surface area (Å²) in [5, 5.41) is 4.55. The highest BCUT2D eigenvalue weighted by molar-refractivity contribution is 7.98. The van der Waals surface area contributed by atoms with Gasteiger partial charge >= 0.3 is 0 Å². The number of hydrogen-bond acceptors (Lipinski definition) is 4. The van der Waals surface area contributed by atoms with Gasteiger partial charge in [-0.15, -0.1) is 11.8 Å². The summed E-state index contributed by atoms with van der Waals surface area (Å²) in [6.45, 7) is 0.773. The number of rotatable bonds is 6. The van der Waals surface area contributed by atoms with Crippen LogP contribution in [0.25, 0.3) is 0 Å². The molecular formula is C12H18N2OS. The average Bonchev–Trinajstić information content (AvgIpc) is 3.13. The lowest BCUT2D eigenvalue weighted by atomic mass is 10.2. The van der Waals surface area contributed by atoms with Crippen LogP contribution in [0.15, 0.2) is 23.4 Å². The highest BCUT2D eigenvalue weighted by atomic mass is 32.2. The molecule has 4 heteroatoms. The van der Waals surface area contributed by atoms with Gasteiger partial charge in [-0.25, -0.2) is 4.98 Å².